The van der Waals surface area contributed by atoms with E-state index in [4.69, 9.17) is 10.4 Å². The van der Waals surface area contributed by atoms with Crippen molar-refractivity contribution in [1.29, 1.82) is 5.41 Å². The van der Waals surface area contributed by atoms with Crippen LogP contribution >= 0.6 is 0 Å². The molecule has 0 atom stereocenters. The summed E-state index contributed by atoms with van der Waals surface area (Å²) in [5.41, 5.74) is 4.39. The van der Waals surface area contributed by atoms with E-state index in [0.29, 0.717) is 5.84 Å². The summed E-state index contributed by atoms with van der Waals surface area (Å²) in [5, 5.41) is 16.3. The van der Waals surface area contributed by atoms with Crippen molar-refractivity contribution in [2.75, 3.05) is 25.5 Å². The number of aromatic nitrogens is 1. The number of rotatable bonds is 5. The van der Waals surface area contributed by atoms with Crippen LogP contribution in [0.25, 0.3) is 32.6 Å². The molecule has 0 unspecified atom stereocenters. The first-order valence-electron chi connectivity index (χ1n) is 9.82. The zero-order valence-corrected chi connectivity index (χ0v) is 16.7. The lowest BCUT2D eigenvalue weighted by Crippen LogP contribution is -2.30. The van der Waals surface area contributed by atoms with Gasteiger partial charge in [0.25, 0.3) is 0 Å². The van der Waals surface area contributed by atoms with Crippen LogP contribution in [0.3, 0.4) is 0 Å². The quantitative estimate of drug-likeness (QED) is 0.209. The van der Waals surface area contributed by atoms with Crippen molar-refractivity contribution >= 4 is 44.1 Å². The SMILES string of the molecule is CCC(=N)N(C)CCNc1c2cc(C)ccc2nc2c1ccc1ccccc12. The Morgan fingerprint density at radius 3 is 2.68 bits per heavy atom. The van der Waals surface area contributed by atoms with Gasteiger partial charge in [-0.1, -0.05) is 55.0 Å². The number of fused-ring (bicyclic) bond motifs is 4. The van der Waals surface area contributed by atoms with Crippen molar-refractivity contribution in [3.63, 3.8) is 0 Å². The van der Waals surface area contributed by atoms with E-state index in [1.54, 1.807) is 0 Å². The van der Waals surface area contributed by atoms with Crippen LogP contribution in [0.4, 0.5) is 5.69 Å². The highest BCUT2D eigenvalue weighted by Gasteiger charge is 2.12. The first kappa shape index (κ1) is 18.2. The second kappa shape index (κ2) is 7.47. The van der Waals surface area contributed by atoms with Crippen LogP contribution < -0.4 is 5.32 Å². The largest absolute Gasteiger partial charge is 0.382 e. The molecule has 0 aliphatic heterocycles. The first-order chi connectivity index (χ1) is 13.6. The summed E-state index contributed by atoms with van der Waals surface area (Å²) in [4.78, 5) is 7.01. The predicted octanol–water partition coefficient (Wildman–Crippen LogP) is 5.58. The number of anilines is 1. The van der Waals surface area contributed by atoms with E-state index < -0.39 is 0 Å². The van der Waals surface area contributed by atoms with Crippen LogP contribution in [0.2, 0.25) is 0 Å². The van der Waals surface area contributed by atoms with Gasteiger partial charge in [-0.3, -0.25) is 5.41 Å². The van der Waals surface area contributed by atoms with Gasteiger partial charge in [-0.2, -0.15) is 0 Å². The Balaban J connectivity index is 1.84. The Morgan fingerprint density at radius 2 is 1.86 bits per heavy atom. The molecule has 1 heterocycles. The molecular weight excluding hydrogens is 344 g/mol. The summed E-state index contributed by atoms with van der Waals surface area (Å²) in [6.45, 7) is 5.69. The number of aryl methyl sites for hydroxylation is 1. The lowest BCUT2D eigenvalue weighted by Gasteiger charge is -2.21. The second-order valence-corrected chi connectivity index (χ2v) is 7.34. The summed E-state index contributed by atoms with van der Waals surface area (Å²) in [6.07, 6.45) is 0.753. The number of likely N-dealkylation sites (N-methyl/N-ethyl adjacent to an activating group) is 1. The summed E-state index contributed by atoms with van der Waals surface area (Å²) >= 11 is 0. The van der Waals surface area contributed by atoms with E-state index in [0.717, 1.165) is 47.0 Å². The van der Waals surface area contributed by atoms with Gasteiger partial charge in [0.1, 0.15) is 0 Å². The molecule has 4 nitrogen and oxygen atoms in total. The number of benzene rings is 3. The van der Waals surface area contributed by atoms with Gasteiger partial charge in [-0.25, -0.2) is 4.98 Å². The standard InChI is InChI=1S/C24H26N4/c1-4-22(25)28(3)14-13-26-23-19-11-10-17-7-5-6-8-18(17)24(19)27-21-12-9-16(2)15-20(21)23/h5-12,15,25H,4,13-14H2,1-3H3,(H,26,27). The lowest BCUT2D eigenvalue weighted by molar-refractivity contribution is 0.509. The van der Waals surface area contributed by atoms with E-state index in [9.17, 15) is 0 Å². The lowest BCUT2D eigenvalue weighted by atomic mass is 10.0. The number of hydrogen-bond donors (Lipinski definition) is 2. The summed E-state index contributed by atoms with van der Waals surface area (Å²) in [7, 11) is 1.98. The molecule has 1 aromatic heterocycles. The predicted molar refractivity (Wildman–Crippen MR) is 121 cm³/mol. The average molecular weight is 371 g/mol. The highest BCUT2D eigenvalue weighted by atomic mass is 15.1. The third-order valence-corrected chi connectivity index (χ3v) is 5.37. The Bertz CT molecular complexity index is 1180. The van der Waals surface area contributed by atoms with Gasteiger partial charge in [0, 0.05) is 42.7 Å². The molecule has 0 saturated carbocycles. The number of amidine groups is 1. The Labute approximate surface area is 165 Å². The van der Waals surface area contributed by atoms with Gasteiger partial charge in [0.05, 0.1) is 22.6 Å². The molecule has 4 heteroatoms. The number of nitrogens with zero attached hydrogens (tertiary/aromatic N) is 2. The maximum Gasteiger partial charge on any atom is 0.0952 e. The minimum Gasteiger partial charge on any atom is -0.382 e. The minimum absolute atomic E-state index is 0.660. The average Bonchev–Trinajstić information content (AvgIpc) is 2.72. The molecule has 142 valence electrons. The molecule has 0 aliphatic carbocycles. The van der Waals surface area contributed by atoms with E-state index in [1.807, 2.05) is 18.9 Å². The minimum atomic E-state index is 0.660. The maximum absolute atomic E-state index is 8.00. The molecule has 0 fully saturated rings. The Morgan fingerprint density at radius 1 is 1.04 bits per heavy atom. The number of nitrogens with one attached hydrogen (secondary N) is 2. The zero-order chi connectivity index (χ0) is 19.7. The van der Waals surface area contributed by atoms with Gasteiger partial charge in [0.2, 0.25) is 0 Å². The van der Waals surface area contributed by atoms with Gasteiger partial charge in [0.15, 0.2) is 0 Å². The fourth-order valence-corrected chi connectivity index (χ4v) is 3.73. The fraction of sp³-hybridized carbons (Fsp3) is 0.250. The number of hydrogen-bond acceptors (Lipinski definition) is 3. The molecule has 0 aliphatic rings. The van der Waals surface area contributed by atoms with Gasteiger partial charge in [-0.05, 0) is 24.4 Å². The summed E-state index contributed by atoms with van der Waals surface area (Å²) in [6, 6.07) is 19.2. The number of pyridine rings is 1. The molecule has 3 aromatic carbocycles. The zero-order valence-electron chi connectivity index (χ0n) is 16.7. The van der Waals surface area contributed by atoms with Crippen molar-refractivity contribution < 1.29 is 0 Å². The van der Waals surface area contributed by atoms with Crippen molar-refractivity contribution in [3.8, 4) is 0 Å². The molecule has 4 aromatic rings. The first-order valence-corrected chi connectivity index (χ1v) is 9.82. The topological polar surface area (TPSA) is 52.0 Å². The van der Waals surface area contributed by atoms with Crippen molar-refractivity contribution in [2.24, 2.45) is 0 Å². The van der Waals surface area contributed by atoms with E-state index in [2.05, 4.69) is 66.8 Å². The smallest absolute Gasteiger partial charge is 0.0952 e. The normalized spacial score (nSPS) is 11.2. The van der Waals surface area contributed by atoms with E-state index in [-0.39, 0.29) is 0 Å². The van der Waals surface area contributed by atoms with Crippen LogP contribution in [0.1, 0.15) is 18.9 Å². The molecular formula is C24H26N4. The van der Waals surface area contributed by atoms with Crippen molar-refractivity contribution in [2.45, 2.75) is 20.3 Å². The van der Waals surface area contributed by atoms with Crippen molar-refractivity contribution in [1.82, 2.24) is 9.88 Å². The maximum atomic E-state index is 8.00. The van der Waals surface area contributed by atoms with Crippen LogP contribution in [0.15, 0.2) is 54.6 Å². The third kappa shape index (κ3) is 3.26. The molecule has 2 N–H and O–H groups in total. The van der Waals surface area contributed by atoms with Crippen molar-refractivity contribution in [3.05, 3.63) is 60.2 Å². The van der Waals surface area contributed by atoms with Crippen LogP contribution in [-0.4, -0.2) is 35.9 Å². The monoisotopic (exact) mass is 370 g/mol. The molecule has 0 spiro atoms. The molecule has 0 radical (unpaired) electrons. The van der Waals surface area contributed by atoms with Crippen LogP contribution in [-0.2, 0) is 0 Å². The highest BCUT2D eigenvalue weighted by Crippen LogP contribution is 2.34. The summed E-state index contributed by atoms with van der Waals surface area (Å²) < 4.78 is 0. The van der Waals surface area contributed by atoms with Crippen LogP contribution in [0, 0.1) is 12.3 Å². The molecule has 0 saturated heterocycles. The molecule has 0 bridgehead atoms. The van der Waals surface area contributed by atoms with Crippen LogP contribution in [0.5, 0.6) is 0 Å². The summed E-state index contributed by atoms with van der Waals surface area (Å²) in [5.74, 6) is 0.660. The Kier molecular flexibility index (Phi) is 4.86. The Hall–Kier alpha value is -3.14. The second-order valence-electron chi connectivity index (χ2n) is 7.34. The van der Waals surface area contributed by atoms with E-state index >= 15 is 0 Å². The fourth-order valence-electron chi connectivity index (χ4n) is 3.73. The van der Waals surface area contributed by atoms with Gasteiger partial charge >= 0.3 is 0 Å². The van der Waals surface area contributed by atoms with Gasteiger partial charge in [-0.15, -0.1) is 0 Å². The van der Waals surface area contributed by atoms with Gasteiger partial charge < -0.3 is 10.2 Å². The third-order valence-electron chi connectivity index (χ3n) is 5.37. The van der Waals surface area contributed by atoms with E-state index in [1.165, 1.54) is 16.3 Å². The highest BCUT2D eigenvalue weighted by molar-refractivity contribution is 6.15. The molecule has 0 amide bonds. The molecule has 28 heavy (non-hydrogen) atoms. The molecule has 4 rings (SSSR count).